The number of hydrogen-bond acceptors (Lipinski definition) is 4. The summed E-state index contributed by atoms with van der Waals surface area (Å²) >= 11 is 0. The highest BCUT2D eigenvalue weighted by atomic mass is 16.5. The molecule has 1 rings (SSSR count). The van der Waals surface area contributed by atoms with Gasteiger partial charge in [0.2, 0.25) is 0 Å². The maximum Gasteiger partial charge on any atom is 0.326 e. The molecule has 1 saturated carbocycles. The van der Waals surface area contributed by atoms with Gasteiger partial charge in [-0.05, 0) is 40.2 Å². The number of rotatable bonds is 7. The Balaban J connectivity index is 2.31. The Kier molecular flexibility index (Phi) is 5.92. The van der Waals surface area contributed by atoms with Gasteiger partial charge >= 0.3 is 5.97 Å². The molecule has 0 radical (unpaired) electrons. The van der Waals surface area contributed by atoms with Gasteiger partial charge < -0.3 is 14.8 Å². The van der Waals surface area contributed by atoms with Crippen molar-refractivity contribution in [2.24, 2.45) is 0 Å². The van der Waals surface area contributed by atoms with Gasteiger partial charge in [-0.3, -0.25) is 4.79 Å². The lowest BCUT2D eigenvalue weighted by Gasteiger charge is -2.27. The van der Waals surface area contributed by atoms with Crippen molar-refractivity contribution in [1.82, 2.24) is 5.32 Å². The van der Waals surface area contributed by atoms with E-state index >= 15 is 0 Å². The predicted molar refractivity (Wildman–Crippen MR) is 66.9 cm³/mol. The second-order valence-corrected chi connectivity index (χ2v) is 4.83. The van der Waals surface area contributed by atoms with Crippen LogP contribution in [-0.4, -0.2) is 37.9 Å². The molecule has 4 heteroatoms. The summed E-state index contributed by atoms with van der Waals surface area (Å²) in [5, 5.41) is 3.03. The van der Waals surface area contributed by atoms with Crippen molar-refractivity contribution in [3.05, 3.63) is 0 Å². The number of nitrogens with one attached hydrogen (secondary N) is 1. The molecule has 4 nitrogen and oxygen atoms in total. The molecule has 0 amide bonds. The Bertz CT molecular complexity index is 239. The van der Waals surface area contributed by atoms with Gasteiger partial charge in [0.25, 0.3) is 0 Å². The lowest BCUT2D eigenvalue weighted by Crippen LogP contribution is -2.49. The summed E-state index contributed by atoms with van der Waals surface area (Å²) < 4.78 is 10.8. The third-order valence-electron chi connectivity index (χ3n) is 3.54. The van der Waals surface area contributed by atoms with Crippen molar-refractivity contribution in [3.8, 4) is 0 Å². The van der Waals surface area contributed by atoms with E-state index in [1.165, 1.54) is 12.8 Å². The van der Waals surface area contributed by atoms with Crippen LogP contribution in [0.4, 0.5) is 0 Å². The molecular formula is C13H25NO3. The zero-order chi connectivity index (χ0) is 12.7. The fraction of sp³-hybridized carbons (Fsp3) is 0.923. The van der Waals surface area contributed by atoms with Crippen LogP contribution in [-0.2, 0) is 14.3 Å². The van der Waals surface area contributed by atoms with Crippen LogP contribution in [0.1, 0.15) is 46.0 Å². The summed E-state index contributed by atoms with van der Waals surface area (Å²) in [5.74, 6) is -0.197. The van der Waals surface area contributed by atoms with Gasteiger partial charge in [-0.15, -0.1) is 0 Å². The van der Waals surface area contributed by atoms with Crippen molar-refractivity contribution in [3.63, 3.8) is 0 Å². The normalized spacial score (nSPS) is 20.2. The molecule has 0 heterocycles. The highest BCUT2D eigenvalue weighted by Gasteiger charge is 2.33. The molecule has 1 atom stereocenters. The van der Waals surface area contributed by atoms with E-state index in [4.69, 9.17) is 9.47 Å². The summed E-state index contributed by atoms with van der Waals surface area (Å²) in [4.78, 5) is 11.8. The van der Waals surface area contributed by atoms with Crippen LogP contribution < -0.4 is 5.32 Å². The first kappa shape index (κ1) is 14.5. The van der Waals surface area contributed by atoms with Crippen LogP contribution in [0.15, 0.2) is 0 Å². The SMILES string of the molecule is CCOC(=O)C(C)(CCOC1CCCC1)NC. The molecule has 100 valence electrons. The molecule has 17 heavy (non-hydrogen) atoms. The molecule has 0 spiro atoms. The standard InChI is InChI=1S/C13H25NO3/c1-4-16-12(15)13(2,14-3)9-10-17-11-7-5-6-8-11/h11,14H,4-10H2,1-3H3. The molecule has 0 aromatic rings. The van der Waals surface area contributed by atoms with Crippen LogP contribution in [0.25, 0.3) is 0 Å². The van der Waals surface area contributed by atoms with Crippen LogP contribution >= 0.6 is 0 Å². The molecule has 1 N–H and O–H groups in total. The lowest BCUT2D eigenvalue weighted by atomic mass is 9.99. The van der Waals surface area contributed by atoms with Crippen LogP contribution in [0.3, 0.4) is 0 Å². The molecular weight excluding hydrogens is 218 g/mol. The second kappa shape index (κ2) is 6.97. The minimum absolute atomic E-state index is 0.197. The maximum absolute atomic E-state index is 11.8. The predicted octanol–water partition coefficient (Wildman–Crippen LogP) is 1.88. The molecule has 0 aromatic carbocycles. The van der Waals surface area contributed by atoms with Gasteiger partial charge in [-0.2, -0.15) is 0 Å². The van der Waals surface area contributed by atoms with Crippen molar-refractivity contribution in [1.29, 1.82) is 0 Å². The second-order valence-electron chi connectivity index (χ2n) is 4.83. The number of carbonyl (C=O) groups is 1. The van der Waals surface area contributed by atoms with Crippen LogP contribution in [0.2, 0.25) is 0 Å². The molecule has 0 saturated heterocycles. The van der Waals surface area contributed by atoms with E-state index in [0.29, 0.717) is 25.7 Å². The first-order valence-corrected chi connectivity index (χ1v) is 6.60. The highest BCUT2D eigenvalue weighted by Crippen LogP contribution is 2.22. The van der Waals surface area contributed by atoms with E-state index in [2.05, 4.69) is 5.32 Å². The lowest BCUT2D eigenvalue weighted by molar-refractivity contribution is -0.151. The Morgan fingerprint density at radius 1 is 1.41 bits per heavy atom. The van der Waals surface area contributed by atoms with E-state index in [9.17, 15) is 4.79 Å². The smallest absolute Gasteiger partial charge is 0.326 e. The van der Waals surface area contributed by atoms with E-state index < -0.39 is 5.54 Å². The van der Waals surface area contributed by atoms with Crippen molar-refractivity contribution < 1.29 is 14.3 Å². The topological polar surface area (TPSA) is 47.6 Å². The minimum Gasteiger partial charge on any atom is -0.465 e. The Labute approximate surface area is 104 Å². The van der Waals surface area contributed by atoms with Crippen molar-refractivity contribution in [2.75, 3.05) is 20.3 Å². The number of esters is 1. The quantitative estimate of drug-likeness (QED) is 0.694. The van der Waals surface area contributed by atoms with E-state index in [1.54, 1.807) is 7.05 Å². The average Bonchev–Trinajstić information content (AvgIpc) is 2.82. The Hall–Kier alpha value is -0.610. The number of hydrogen-bond donors (Lipinski definition) is 1. The van der Waals surface area contributed by atoms with Gasteiger partial charge in [0.1, 0.15) is 5.54 Å². The number of carbonyl (C=O) groups excluding carboxylic acids is 1. The molecule has 1 aliphatic rings. The van der Waals surface area contributed by atoms with E-state index in [-0.39, 0.29) is 5.97 Å². The first-order chi connectivity index (χ1) is 8.12. The fourth-order valence-corrected chi connectivity index (χ4v) is 2.10. The van der Waals surface area contributed by atoms with Gasteiger partial charge in [-0.1, -0.05) is 12.8 Å². The highest BCUT2D eigenvalue weighted by molar-refractivity contribution is 5.80. The summed E-state index contributed by atoms with van der Waals surface area (Å²) in [7, 11) is 1.78. The van der Waals surface area contributed by atoms with Crippen molar-refractivity contribution in [2.45, 2.75) is 57.6 Å². The largest absolute Gasteiger partial charge is 0.465 e. The summed E-state index contributed by atoms with van der Waals surface area (Å²) in [5.41, 5.74) is -0.630. The monoisotopic (exact) mass is 243 g/mol. The van der Waals surface area contributed by atoms with Crippen LogP contribution in [0.5, 0.6) is 0 Å². The van der Waals surface area contributed by atoms with Gasteiger partial charge in [0.05, 0.1) is 12.7 Å². The Morgan fingerprint density at radius 3 is 2.59 bits per heavy atom. The molecule has 0 aromatic heterocycles. The molecule has 0 bridgehead atoms. The van der Waals surface area contributed by atoms with E-state index in [1.807, 2.05) is 13.8 Å². The maximum atomic E-state index is 11.8. The molecule has 1 unspecified atom stereocenters. The average molecular weight is 243 g/mol. The summed E-state index contributed by atoms with van der Waals surface area (Å²) in [6.07, 6.45) is 5.92. The Morgan fingerprint density at radius 2 is 2.06 bits per heavy atom. The zero-order valence-electron chi connectivity index (χ0n) is 11.3. The molecule has 1 aliphatic carbocycles. The van der Waals surface area contributed by atoms with Gasteiger partial charge in [0, 0.05) is 6.61 Å². The zero-order valence-corrected chi connectivity index (χ0v) is 11.3. The van der Waals surface area contributed by atoms with Gasteiger partial charge in [-0.25, -0.2) is 0 Å². The summed E-state index contributed by atoms with van der Waals surface area (Å²) in [6, 6.07) is 0. The molecule has 0 aliphatic heterocycles. The minimum atomic E-state index is -0.630. The van der Waals surface area contributed by atoms with Crippen LogP contribution in [0, 0.1) is 0 Å². The van der Waals surface area contributed by atoms with E-state index in [0.717, 1.165) is 12.8 Å². The summed E-state index contributed by atoms with van der Waals surface area (Å²) in [6.45, 7) is 4.71. The van der Waals surface area contributed by atoms with Crippen molar-refractivity contribution >= 4 is 5.97 Å². The number of ether oxygens (including phenoxy) is 2. The third kappa shape index (κ3) is 4.28. The number of likely N-dealkylation sites (N-methyl/N-ethyl adjacent to an activating group) is 1. The van der Waals surface area contributed by atoms with Gasteiger partial charge in [0.15, 0.2) is 0 Å². The third-order valence-corrected chi connectivity index (χ3v) is 3.54. The first-order valence-electron chi connectivity index (χ1n) is 6.60. The molecule has 1 fully saturated rings. The fourth-order valence-electron chi connectivity index (χ4n) is 2.10.